The van der Waals surface area contributed by atoms with Crippen molar-refractivity contribution in [3.05, 3.63) is 11.6 Å². The van der Waals surface area contributed by atoms with Gasteiger partial charge in [-0.2, -0.15) is 0 Å². The van der Waals surface area contributed by atoms with Gasteiger partial charge in [0.1, 0.15) is 5.60 Å². The zero-order chi connectivity index (χ0) is 13.9. The SMILES string of the molecule is CC(C)(C)OC(=O)N1CCCC1CNc1nccs1. The third-order valence-electron chi connectivity index (χ3n) is 2.93. The van der Waals surface area contributed by atoms with Gasteiger partial charge in [0.2, 0.25) is 0 Å². The summed E-state index contributed by atoms with van der Waals surface area (Å²) in [4.78, 5) is 18.1. The van der Waals surface area contributed by atoms with E-state index in [1.54, 1.807) is 17.5 Å². The van der Waals surface area contributed by atoms with Crippen molar-refractivity contribution in [3.8, 4) is 0 Å². The Kier molecular flexibility index (Phi) is 4.29. The number of nitrogens with zero attached hydrogens (tertiary/aromatic N) is 2. The summed E-state index contributed by atoms with van der Waals surface area (Å²) >= 11 is 1.57. The molecule has 106 valence electrons. The van der Waals surface area contributed by atoms with E-state index < -0.39 is 5.60 Å². The number of ether oxygens (including phenoxy) is 1. The quantitative estimate of drug-likeness (QED) is 0.926. The molecule has 0 aliphatic carbocycles. The number of anilines is 1. The van der Waals surface area contributed by atoms with Crippen LogP contribution in [0.5, 0.6) is 0 Å². The number of carbonyl (C=O) groups is 1. The van der Waals surface area contributed by atoms with Crippen LogP contribution < -0.4 is 5.32 Å². The molecule has 0 bridgehead atoms. The molecule has 0 saturated carbocycles. The highest BCUT2D eigenvalue weighted by molar-refractivity contribution is 7.13. The maximum absolute atomic E-state index is 12.1. The van der Waals surface area contributed by atoms with Crippen LogP contribution in [0.3, 0.4) is 0 Å². The monoisotopic (exact) mass is 283 g/mol. The van der Waals surface area contributed by atoms with Gasteiger partial charge in [-0.3, -0.25) is 0 Å². The van der Waals surface area contributed by atoms with Crippen molar-refractivity contribution in [2.24, 2.45) is 0 Å². The molecule has 1 atom stereocenters. The highest BCUT2D eigenvalue weighted by Gasteiger charge is 2.31. The highest BCUT2D eigenvalue weighted by atomic mass is 32.1. The molecule has 1 amide bonds. The molecule has 1 fully saturated rings. The summed E-state index contributed by atoms with van der Waals surface area (Å²) in [6, 6.07) is 0.193. The van der Waals surface area contributed by atoms with Crippen LogP contribution in [0.25, 0.3) is 0 Å². The van der Waals surface area contributed by atoms with Gasteiger partial charge in [0, 0.05) is 24.7 Å². The minimum Gasteiger partial charge on any atom is -0.444 e. The normalized spacial score (nSPS) is 19.5. The topological polar surface area (TPSA) is 54.5 Å². The van der Waals surface area contributed by atoms with Crippen LogP contribution in [0.2, 0.25) is 0 Å². The number of nitrogens with one attached hydrogen (secondary N) is 1. The summed E-state index contributed by atoms with van der Waals surface area (Å²) in [6.45, 7) is 7.18. The van der Waals surface area contributed by atoms with Gasteiger partial charge >= 0.3 is 6.09 Å². The first kappa shape index (κ1) is 14.1. The summed E-state index contributed by atoms with van der Waals surface area (Å²) in [7, 11) is 0. The number of rotatable bonds is 3. The van der Waals surface area contributed by atoms with Crippen LogP contribution in [0.15, 0.2) is 11.6 Å². The van der Waals surface area contributed by atoms with E-state index in [0.717, 1.165) is 31.1 Å². The molecule has 1 aliphatic rings. The third kappa shape index (κ3) is 4.09. The molecule has 2 heterocycles. The maximum Gasteiger partial charge on any atom is 0.410 e. The molecule has 1 aliphatic heterocycles. The van der Waals surface area contributed by atoms with E-state index in [2.05, 4.69) is 10.3 Å². The average molecular weight is 283 g/mol. The summed E-state index contributed by atoms with van der Waals surface area (Å²) < 4.78 is 5.44. The second-order valence-corrected chi connectivity index (χ2v) is 6.58. The summed E-state index contributed by atoms with van der Waals surface area (Å²) in [6.07, 6.45) is 3.60. The van der Waals surface area contributed by atoms with Crippen molar-refractivity contribution < 1.29 is 9.53 Å². The molecule has 5 nitrogen and oxygen atoms in total. The number of hydrogen-bond acceptors (Lipinski definition) is 5. The predicted molar refractivity (Wildman–Crippen MR) is 76.6 cm³/mol. The third-order valence-corrected chi connectivity index (χ3v) is 3.66. The Morgan fingerprint density at radius 2 is 2.42 bits per heavy atom. The predicted octanol–water partition coefficient (Wildman–Crippen LogP) is 2.95. The molecule has 1 aromatic rings. The molecule has 1 saturated heterocycles. The Bertz CT molecular complexity index is 414. The van der Waals surface area contributed by atoms with Crippen LogP contribution in [0, 0.1) is 0 Å². The van der Waals surface area contributed by atoms with Gasteiger partial charge in [-0.15, -0.1) is 11.3 Å². The first-order chi connectivity index (χ1) is 8.96. The van der Waals surface area contributed by atoms with E-state index in [9.17, 15) is 4.79 Å². The molecule has 0 radical (unpaired) electrons. The number of hydrogen-bond donors (Lipinski definition) is 1. The molecule has 0 aromatic carbocycles. The van der Waals surface area contributed by atoms with Crippen molar-refractivity contribution in [2.75, 3.05) is 18.4 Å². The van der Waals surface area contributed by atoms with Gasteiger partial charge in [-0.25, -0.2) is 9.78 Å². The molecule has 6 heteroatoms. The molecule has 2 rings (SSSR count). The number of aromatic nitrogens is 1. The van der Waals surface area contributed by atoms with E-state index in [1.165, 1.54) is 0 Å². The van der Waals surface area contributed by atoms with Crippen molar-refractivity contribution in [3.63, 3.8) is 0 Å². The highest BCUT2D eigenvalue weighted by Crippen LogP contribution is 2.21. The first-order valence-electron chi connectivity index (χ1n) is 6.59. The van der Waals surface area contributed by atoms with Crippen LogP contribution in [-0.4, -0.2) is 40.7 Å². The van der Waals surface area contributed by atoms with Gasteiger partial charge in [-0.05, 0) is 33.6 Å². The fourth-order valence-corrected chi connectivity index (χ4v) is 2.66. The molecule has 1 unspecified atom stereocenters. The summed E-state index contributed by atoms with van der Waals surface area (Å²) in [5.74, 6) is 0. The van der Waals surface area contributed by atoms with E-state index in [0.29, 0.717) is 0 Å². The number of amides is 1. The van der Waals surface area contributed by atoms with Gasteiger partial charge in [-0.1, -0.05) is 0 Å². The summed E-state index contributed by atoms with van der Waals surface area (Å²) in [5, 5.41) is 6.10. The first-order valence-corrected chi connectivity index (χ1v) is 7.47. The van der Waals surface area contributed by atoms with Gasteiger partial charge in [0.25, 0.3) is 0 Å². The molecular weight excluding hydrogens is 262 g/mol. The van der Waals surface area contributed by atoms with E-state index in [1.807, 2.05) is 31.1 Å². The van der Waals surface area contributed by atoms with Gasteiger partial charge in [0.15, 0.2) is 5.13 Å². The molecule has 1 N–H and O–H groups in total. The lowest BCUT2D eigenvalue weighted by Gasteiger charge is -2.28. The number of thiazole rings is 1. The lowest BCUT2D eigenvalue weighted by Crippen LogP contribution is -2.42. The van der Waals surface area contributed by atoms with Crippen LogP contribution in [0.1, 0.15) is 33.6 Å². The molecule has 1 aromatic heterocycles. The average Bonchev–Trinajstić information content (AvgIpc) is 2.95. The second-order valence-electron chi connectivity index (χ2n) is 5.69. The Morgan fingerprint density at radius 3 is 3.05 bits per heavy atom. The lowest BCUT2D eigenvalue weighted by atomic mass is 10.2. The van der Waals surface area contributed by atoms with E-state index in [4.69, 9.17) is 4.74 Å². The summed E-state index contributed by atoms with van der Waals surface area (Å²) in [5.41, 5.74) is -0.438. The molecular formula is C13H21N3O2S. The number of carbonyl (C=O) groups excluding carboxylic acids is 1. The Balaban J connectivity index is 1.87. The van der Waals surface area contributed by atoms with Crippen molar-refractivity contribution in [2.45, 2.75) is 45.3 Å². The van der Waals surface area contributed by atoms with Crippen molar-refractivity contribution in [1.82, 2.24) is 9.88 Å². The Labute approximate surface area is 118 Å². The van der Waals surface area contributed by atoms with E-state index >= 15 is 0 Å². The largest absolute Gasteiger partial charge is 0.444 e. The van der Waals surface area contributed by atoms with E-state index in [-0.39, 0.29) is 12.1 Å². The standard InChI is InChI=1S/C13H21N3O2S/c1-13(2,3)18-12(17)16-7-4-5-10(16)9-15-11-14-6-8-19-11/h6,8,10H,4-5,7,9H2,1-3H3,(H,14,15). The van der Waals surface area contributed by atoms with Gasteiger partial charge in [0.05, 0.1) is 6.04 Å². The van der Waals surface area contributed by atoms with Crippen molar-refractivity contribution >= 4 is 22.6 Å². The zero-order valence-electron chi connectivity index (χ0n) is 11.7. The second kappa shape index (κ2) is 5.77. The Hall–Kier alpha value is -1.30. The molecule has 19 heavy (non-hydrogen) atoms. The lowest BCUT2D eigenvalue weighted by molar-refractivity contribution is 0.0235. The smallest absolute Gasteiger partial charge is 0.410 e. The zero-order valence-corrected chi connectivity index (χ0v) is 12.5. The van der Waals surface area contributed by atoms with Crippen LogP contribution >= 0.6 is 11.3 Å². The minimum atomic E-state index is -0.438. The fourth-order valence-electron chi connectivity index (χ4n) is 2.12. The number of likely N-dealkylation sites (tertiary alicyclic amines) is 1. The van der Waals surface area contributed by atoms with Crippen LogP contribution in [-0.2, 0) is 4.74 Å². The van der Waals surface area contributed by atoms with Gasteiger partial charge < -0.3 is 15.0 Å². The van der Waals surface area contributed by atoms with Crippen molar-refractivity contribution in [1.29, 1.82) is 0 Å². The fraction of sp³-hybridized carbons (Fsp3) is 0.692. The van der Waals surface area contributed by atoms with Crippen LogP contribution in [0.4, 0.5) is 9.93 Å². The Morgan fingerprint density at radius 1 is 1.63 bits per heavy atom. The molecule has 0 spiro atoms. The maximum atomic E-state index is 12.1. The minimum absolute atomic E-state index is 0.193.